The first-order valence-electron chi connectivity index (χ1n) is 9.68. The number of fused-ring (bicyclic) bond motifs is 1. The van der Waals surface area contributed by atoms with Crippen LogP contribution in [0.2, 0.25) is 5.02 Å². The Morgan fingerprint density at radius 2 is 1.62 bits per heavy atom. The molecule has 0 spiro atoms. The van der Waals surface area contributed by atoms with E-state index in [0.29, 0.717) is 27.5 Å². The third-order valence-corrected chi connectivity index (χ3v) is 6.12. The molecule has 0 bridgehead atoms. The highest BCUT2D eigenvalue weighted by Gasteiger charge is 2.30. The highest BCUT2D eigenvalue weighted by atomic mass is 35.5. The lowest BCUT2D eigenvalue weighted by atomic mass is 10.2. The average Bonchev–Trinajstić information content (AvgIpc) is 3.17. The molecule has 2 aromatic carbocycles. The van der Waals surface area contributed by atoms with E-state index in [1.165, 1.54) is 26.0 Å². The fourth-order valence-electron chi connectivity index (χ4n) is 3.40. The molecule has 0 saturated carbocycles. The van der Waals surface area contributed by atoms with Crippen LogP contribution >= 0.6 is 23.4 Å². The number of methoxy groups -OCH3 is 2. The molecule has 0 radical (unpaired) electrons. The maximum absolute atomic E-state index is 12.8. The topological polar surface area (TPSA) is 70.4 Å². The van der Waals surface area contributed by atoms with Crippen LogP contribution in [0.3, 0.4) is 0 Å². The van der Waals surface area contributed by atoms with Gasteiger partial charge in [0, 0.05) is 16.5 Å². The Hall–Kier alpha value is -3.29. The zero-order valence-corrected chi connectivity index (χ0v) is 18.9. The molecule has 0 amide bonds. The van der Waals surface area contributed by atoms with Gasteiger partial charge in [-0.3, -0.25) is 0 Å². The van der Waals surface area contributed by atoms with E-state index in [1.807, 2.05) is 42.5 Å². The maximum Gasteiger partial charge on any atom is 0.356 e. The summed E-state index contributed by atoms with van der Waals surface area (Å²) in [4.78, 5) is 30.2. The van der Waals surface area contributed by atoms with Gasteiger partial charge in [-0.15, -0.1) is 11.8 Å². The molecule has 0 saturated heterocycles. The van der Waals surface area contributed by atoms with E-state index in [-0.39, 0.29) is 11.3 Å². The van der Waals surface area contributed by atoms with E-state index in [4.69, 9.17) is 26.1 Å². The van der Waals surface area contributed by atoms with Crippen molar-refractivity contribution >= 4 is 46.3 Å². The van der Waals surface area contributed by atoms with Gasteiger partial charge in [0.2, 0.25) is 0 Å². The molecule has 0 fully saturated rings. The summed E-state index contributed by atoms with van der Waals surface area (Å²) in [6, 6.07) is 20.6. The summed E-state index contributed by atoms with van der Waals surface area (Å²) in [6.45, 7) is 0. The van der Waals surface area contributed by atoms with Crippen molar-refractivity contribution in [2.24, 2.45) is 0 Å². The van der Waals surface area contributed by atoms with Gasteiger partial charge < -0.3 is 14.0 Å². The minimum absolute atomic E-state index is 0.0504. The first-order chi connectivity index (χ1) is 15.5. The molecule has 162 valence electrons. The molecular formula is C24H19ClN2O4S. The van der Waals surface area contributed by atoms with Crippen LogP contribution in [0.1, 0.15) is 26.4 Å². The smallest absolute Gasteiger partial charge is 0.356 e. The van der Waals surface area contributed by atoms with Crippen molar-refractivity contribution in [1.29, 1.82) is 0 Å². The fraction of sp³-hybridized carbons (Fsp3) is 0.125. The van der Waals surface area contributed by atoms with Gasteiger partial charge in [0.1, 0.15) is 16.8 Å². The molecule has 6 nitrogen and oxygen atoms in total. The number of hydrogen-bond donors (Lipinski definition) is 0. The molecular weight excluding hydrogens is 448 g/mol. The van der Waals surface area contributed by atoms with E-state index in [9.17, 15) is 9.59 Å². The van der Waals surface area contributed by atoms with Crippen LogP contribution in [0.25, 0.3) is 16.7 Å². The van der Waals surface area contributed by atoms with Crippen LogP contribution in [-0.2, 0) is 15.2 Å². The Morgan fingerprint density at radius 3 is 2.28 bits per heavy atom. The number of halogens is 1. The van der Waals surface area contributed by atoms with Crippen LogP contribution in [0.4, 0.5) is 0 Å². The fourth-order valence-corrected chi connectivity index (χ4v) is 4.35. The zero-order chi connectivity index (χ0) is 22.7. The van der Waals surface area contributed by atoms with Crippen LogP contribution in [-0.4, -0.2) is 35.7 Å². The Labute approximate surface area is 194 Å². The second-order valence-corrected chi connectivity index (χ2v) is 8.24. The van der Waals surface area contributed by atoms with Gasteiger partial charge in [-0.05, 0) is 42.0 Å². The number of ether oxygens (including phenoxy) is 2. The first-order valence-corrected chi connectivity index (χ1v) is 11.0. The standard InChI is InChI=1S/C24H19ClN2O4S/c1-30-23(28)20-21-18(12-13-19(26-21)32-14-15-6-4-3-5-7-15)27(22(20)24(29)31-2)17-10-8-16(25)9-11-17/h3-13H,14H2,1-2H3. The van der Waals surface area contributed by atoms with Crippen molar-refractivity contribution < 1.29 is 19.1 Å². The monoisotopic (exact) mass is 466 g/mol. The predicted octanol–water partition coefficient (Wildman–Crippen LogP) is 5.54. The van der Waals surface area contributed by atoms with Crippen LogP contribution in [0.15, 0.2) is 71.8 Å². The Balaban J connectivity index is 1.90. The van der Waals surface area contributed by atoms with Crippen molar-refractivity contribution in [1.82, 2.24) is 9.55 Å². The predicted molar refractivity (Wildman–Crippen MR) is 125 cm³/mol. The van der Waals surface area contributed by atoms with Crippen molar-refractivity contribution in [2.45, 2.75) is 10.8 Å². The number of thioether (sulfide) groups is 1. The largest absolute Gasteiger partial charge is 0.465 e. The van der Waals surface area contributed by atoms with Gasteiger partial charge in [0.15, 0.2) is 0 Å². The Bertz CT molecular complexity index is 1290. The molecule has 2 aromatic heterocycles. The maximum atomic E-state index is 12.8. The minimum atomic E-state index is -0.670. The zero-order valence-electron chi connectivity index (χ0n) is 17.4. The second kappa shape index (κ2) is 9.46. The summed E-state index contributed by atoms with van der Waals surface area (Å²) >= 11 is 7.58. The Morgan fingerprint density at radius 1 is 0.938 bits per heavy atom. The highest BCUT2D eigenvalue weighted by molar-refractivity contribution is 7.98. The molecule has 4 aromatic rings. The van der Waals surface area contributed by atoms with E-state index in [2.05, 4.69) is 0 Å². The van der Waals surface area contributed by atoms with Gasteiger partial charge >= 0.3 is 11.9 Å². The second-order valence-electron chi connectivity index (χ2n) is 6.81. The number of benzene rings is 2. The van der Waals surface area contributed by atoms with E-state index in [1.54, 1.807) is 28.8 Å². The molecule has 0 aliphatic carbocycles. The third kappa shape index (κ3) is 4.22. The van der Waals surface area contributed by atoms with Gasteiger partial charge in [-0.25, -0.2) is 14.6 Å². The quantitative estimate of drug-likeness (QED) is 0.274. The van der Waals surface area contributed by atoms with E-state index in [0.717, 1.165) is 10.6 Å². The van der Waals surface area contributed by atoms with Gasteiger partial charge in [0.05, 0.1) is 24.8 Å². The van der Waals surface area contributed by atoms with Crippen LogP contribution in [0, 0.1) is 0 Å². The summed E-state index contributed by atoms with van der Waals surface area (Å²) in [7, 11) is 2.53. The van der Waals surface area contributed by atoms with E-state index >= 15 is 0 Å². The van der Waals surface area contributed by atoms with Gasteiger partial charge in [0.25, 0.3) is 0 Å². The summed E-state index contributed by atoms with van der Waals surface area (Å²) in [5.74, 6) is -0.619. The number of aromatic nitrogens is 2. The first kappa shape index (κ1) is 21.9. The Kier molecular flexibility index (Phi) is 6.48. The summed E-state index contributed by atoms with van der Waals surface area (Å²) in [6.07, 6.45) is 0. The SMILES string of the molecule is COC(=O)c1c(C(=O)OC)n(-c2ccc(Cl)cc2)c2ccc(SCc3ccccc3)nc12. The number of pyridine rings is 1. The molecule has 32 heavy (non-hydrogen) atoms. The van der Waals surface area contributed by atoms with Crippen molar-refractivity contribution in [2.75, 3.05) is 14.2 Å². The molecule has 0 N–H and O–H groups in total. The number of carbonyl (C=O) groups is 2. The summed E-state index contributed by atoms with van der Waals surface area (Å²) < 4.78 is 11.6. The molecule has 0 unspecified atom stereocenters. The van der Waals surface area contributed by atoms with Crippen molar-refractivity contribution in [3.63, 3.8) is 0 Å². The average molecular weight is 467 g/mol. The molecule has 0 aliphatic heterocycles. The molecule has 2 heterocycles. The van der Waals surface area contributed by atoms with Crippen molar-refractivity contribution in [3.05, 3.63) is 88.6 Å². The molecule has 8 heteroatoms. The number of rotatable bonds is 6. The summed E-state index contributed by atoms with van der Waals surface area (Å²) in [5, 5.41) is 1.27. The lowest BCUT2D eigenvalue weighted by Crippen LogP contribution is -2.15. The normalized spacial score (nSPS) is 10.8. The lowest BCUT2D eigenvalue weighted by Gasteiger charge is -2.10. The third-order valence-electron chi connectivity index (χ3n) is 4.87. The molecule has 0 aliphatic rings. The lowest BCUT2D eigenvalue weighted by molar-refractivity contribution is 0.0551. The number of esters is 2. The van der Waals surface area contributed by atoms with Gasteiger partial charge in [-0.2, -0.15) is 0 Å². The summed E-state index contributed by atoms with van der Waals surface area (Å²) in [5.41, 5.74) is 2.85. The van der Waals surface area contributed by atoms with Gasteiger partial charge in [-0.1, -0.05) is 41.9 Å². The number of hydrogen-bond acceptors (Lipinski definition) is 6. The number of carbonyl (C=O) groups excluding carboxylic acids is 2. The van der Waals surface area contributed by atoms with Crippen LogP contribution < -0.4 is 0 Å². The van der Waals surface area contributed by atoms with E-state index < -0.39 is 11.9 Å². The van der Waals surface area contributed by atoms with Crippen molar-refractivity contribution in [3.8, 4) is 5.69 Å². The number of nitrogens with zero attached hydrogens (tertiary/aromatic N) is 2. The minimum Gasteiger partial charge on any atom is -0.465 e. The molecule has 4 rings (SSSR count). The molecule has 0 atom stereocenters. The van der Waals surface area contributed by atoms with Crippen LogP contribution in [0.5, 0.6) is 0 Å². The highest BCUT2D eigenvalue weighted by Crippen LogP contribution is 2.32.